The molecule has 0 aliphatic carbocycles. The SMILES string of the molecule is COB(OC)c1ccc(-c2nnn(C)n2)nc1. The molecule has 17 heavy (non-hydrogen) atoms. The second kappa shape index (κ2) is 5.02. The quantitative estimate of drug-likeness (QED) is 0.647. The van der Waals surface area contributed by atoms with Crippen molar-refractivity contribution in [2.45, 2.75) is 0 Å². The lowest BCUT2D eigenvalue weighted by atomic mass is 9.80. The van der Waals surface area contributed by atoms with Gasteiger partial charge in [0.05, 0.1) is 7.05 Å². The van der Waals surface area contributed by atoms with E-state index in [0.717, 1.165) is 5.46 Å². The number of pyridine rings is 1. The molecule has 88 valence electrons. The van der Waals surface area contributed by atoms with Gasteiger partial charge in [-0.15, -0.1) is 10.2 Å². The Morgan fingerprint density at radius 3 is 2.47 bits per heavy atom. The Morgan fingerprint density at radius 2 is 2.00 bits per heavy atom. The molecule has 0 saturated carbocycles. The van der Waals surface area contributed by atoms with Gasteiger partial charge in [-0.2, -0.15) is 4.80 Å². The van der Waals surface area contributed by atoms with Crippen LogP contribution in [0.5, 0.6) is 0 Å². The molecule has 0 saturated heterocycles. The maximum absolute atomic E-state index is 5.13. The highest BCUT2D eigenvalue weighted by atomic mass is 16.6. The summed E-state index contributed by atoms with van der Waals surface area (Å²) >= 11 is 0. The fraction of sp³-hybridized carbons (Fsp3) is 0.333. The standard InChI is InChI=1S/C9H12BN5O2/c1-15-13-9(12-14-15)8-5-4-7(6-11-8)10(16-2)17-3/h4-6H,1-3H3. The van der Waals surface area contributed by atoms with Crippen LogP contribution in [0.25, 0.3) is 11.5 Å². The molecule has 2 rings (SSSR count). The van der Waals surface area contributed by atoms with Crippen LogP contribution in [0.1, 0.15) is 0 Å². The van der Waals surface area contributed by atoms with Gasteiger partial charge in [0.25, 0.3) is 0 Å². The summed E-state index contributed by atoms with van der Waals surface area (Å²) in [6, 6.07) is 3.66. The van der Waals surface area contributed by atoms with Crippen LogP contribution in [0.3, 0.4) is 0 Å². The van der Waals surface area contributed by atoms with Crippen molar-refractivity contribution >= 4 is 12.6 Å². The molecule has 8 heteroatoms. The molecule has 2 heterocycles. The molecule has 0 atom stereocenters. The third-order valence-electron chi connectivity index (χ3n) is 2.22. The first-order valence-electron chi connectivity index (χ1n) is 5.00. The fourth-order valence-corrected chi connectivity index (χ4v) is 1.43. The topological polar surface area (TPSA) is 75.0 Å². The van der Waals surface area contributed by atoms with Crippen LogP contribution in [0.4, 0.5) is 0 Å². The zero-order valence-corrected chi connectivity index (χ0v) is 9.86. The molecule has 0 radical (unpaired) electrons. The number of aryl methyl sites for hydroxylation is 1. The molecule has 7 nitrogen and oxygen atoms in total. The summed E-state index contributed by atoms with van der Waals surface area (Å²) in [7, 11) is 4.45. The first kappa shape index (κ1) is 11.7. The van der Waals surface area contributed by atoms with E-state index in [9.17, 15) is 0 Å². The minimum Gasteiger partial charge on any atom is -0.410 e. The van der Waals surface area contributed by atoms with E-state index in [-0.39, 0.29) is 0 Å². The summed E-state index contributed by atoms with van der Waals surface area (Å²) in [5.41, 5.74) is 1.50. The van der Waals surface area contributed by atoms with Gasteiger partial charge >= 0.3 is 7.12 Å². The van der Waals surface area contributed by atoms with Crippen LogP contribution in [0.2, 0.25) is 0 Å². The van der Waals surface area contributed by atoms with Gasteiger partial charge in [0.2, 0.25) is 5.82 Å². The minimum absolute atomic E-state index is 0.411. The van der Waals surface area contributed by atoms with Crippen molar-refractivity contribution in [3.8, 4) is 11.5 Å². The van der Waals surface area contributed by atoms with Gasteiger partial charge in [0.15, 0.2) is 0 Å². The van der Waals surface area contributed by atoms with Gasteiger partial charge in [-0.3, -0.25) is 4.98 Å². The van der Waals surface area contributed by atoms with Crippen LogP contribution >= 0.6 is 0 Å². The first-order valence-corrected chi connectivity index (χ1v) is 5.00. The van der Waals surface area contributed by atoms with E-state index in [1.165, 1.54) is 4.80 Å². The van der Waals surface area contributed by atoms with Crippen LogP contribution in [0, 0.1) is 0 Å². The van der Waals surface area contributed by atoms with Crippen molar-refractivity contribution in [1.29, 1.82) is 0 Å². The summed E-state index contributed by atoms with van der Waals surface area (Å²) in [5.74, 6) is 0.491. The van der Waals surface area contributed by atoms with Gasteiger partial charge in [-0.05, 0) is 11.3 Å². The number of tetrazole rings is 1. The Balaban J connectivity index is 2.23. The highest BCUT2D eigenvalue weighted by molar-refractivity contribution is 6.61. The predicted octanol–water partition coefficient (Wildman–Crippen LogP) is -0.740. The molecule has 0 fully saturated rings. The first-order chi connectivity index (χ1) is 8.24. The molecule has 0 bridgehead atoms. The number of hydrogen-bond acceptors (Lipinski definition) is 6. The molecule has 0 aliphatic rings. The molecular weight excluding hydrogens is 221 g/mol. The van der Waals surface area contributed by atoms with E-state index >= 15 is 0 Å². The molecule has 2 aromatic heterocycles. The third-order valence-corrected chi connectivity index (χ3v) is 2.22. The van der Waals surface area contributed by atoms with Crippen molar-refractivity contribution in [3.05, 3.63) is 18.3 Å². The summed E-state index contributed by atoms with van der Waals surface area (Å²) in [5, 5.41) is 11.7. The normalized spacial score (nSPS) is 10.5. The van der Waals surface area contributed by atoms with Gasteiger partial charge in [-0.25, -0.2) is 0 Å². The Labute approximate surface area is 98.9 Å². The lowest BCUT2D eigenvalue weighted by Gasteiger charge is -2.07. The molecule has 0 spiro atoms. The molecule has 0 aromatic carbocycles. The van der Waals surface area contributed by atoms with Gasteiger partial charge in [0.1, 0.15) is 5.69 Å². The van der Waals surface area contributed by atoms with Gasteiger partial charge < -0.3 is 9.31 Å². The molecule has 0 amide bonds. The smallest absolute Gasteiger partial charge is 0.410 e. The highest BCUT2D eigenvalue weighted by Gasteiger charge is 2.18. The zero-order valence-electron chi connectivity index (χ0n) is 9.86. The summed E-state index contributed by atoms with van der Waals surface area (Å²) in [6.45, 7) is 0. The highest BCUT2D eigenvalue weighted by Crippen LogP contribution is 2.07. The molecule has 0 unspecified atom stereocenters. The summed E-state index contributed by atoms with van der Waals surface area (Å²) in [4.78, 5) is 5.63. The molecular formula is C9H12BN5O2. The number of rotatable bonds is 4. The number of nitrogens with zero attached hydrogens (tertiary/aromatic N) is 5. The van der Waals surface area contributed by atoms with Crippen molar-refractivity contribution in [3.63, 3.8) is 0 Å². The second-order valence-corrected chi connectivity index (χ2v) is 3.38. The Bertz CT molecular complexity index is 482. The Hall–Kier alpha value is -1.80. The summed E-state index contributed by atoms with van der Waals surface area (Å²) in [6.07, 6.45) is 1.67. The van der Waals surface area contributed by atoms with Gasteiger partial charge in [0, 0.05) is 25.9 Å². The largest absolute Gasteiger partial charge is 0.495 e. The predicted molar refractivity (Wildman–Crippen MR) is 61.4 cm³/mol. The zero-order chi connectivity index (χ0) is 12.3. The van der Waals surface area contributed by atoms with Gasteiger partial charge in [-0.1, -0.05) is 6.07 Å². The lowest BCUT2D eigenvalue weighted by Crippen LogP contribution is -2.34. The van der Waals surface area contributed by atoms with E-state index in [1.54, 1.807) is 33.5 Å². The second-order valence-electron chi connectivity index (χ2n) is 3.38. The van der Waals surface area contributed by atoms with Crippen molar-refractivity contribution in [1.82, 2.24) is 25.2 Å². The van der Waals surface area contributed by atoms with Crippen LogP contribution in [-0.4, -0.2) is 46.5 Å². The van der Waals surface area contributed by atoms with E-state index in [1.807, 2.05) is 6.07 Å². The maximum Gasteiger partial charge on any atom is 0.495 e. The lowest BCUT2D eigenvalue weighted by molar-refractivity contribution is 0.292. The van der Waals surface area contributed by atoms with Crippen LogP contribution < -0.4 is 5.46 Å². The number of hydrogen-bond donors (Lipinski definition) is 0. The van der Waals surface area contributed by atoms with Crippen molar-refractivity contribution in [2.75, 3.05) is 14.2 Å². The minimum atomic E-state index is -0.411. The molecule has 2 aromatic rings. The monoisotopic (exact) mass is 233 g/mol. The number of aromatic nitrogens is 5. The van der Waals surface area contributed by atoms with Crippen molar-refractivity contribution in [2.24, 2.45) is 7.05 Å². The van der Waals surface area contributed by atoms with E-state index < -0.39 is 7.12 Å². The molecule has 0 aliphatic heterocycles. The fourth-order valence-electron chi connectivity index (χ4n) is 1.43. The van der Waals surface area contributed by atoms with Crippen LogP contribution in [-0.2, 0) is 16.4 Å². The van der Waals surface area contributed by atoms with E-state index in [0.29, 0.717) is 11.5 Å². The third kappa shape index (κ3) is 2.48. The summed E-state index contributed by atoms with van der Waals surface area (Å²) < 4.78 is 10.3. The molecule has 0 N–H and O–H groups in total. The Morgan fingerprint density at radius 1 is 1.24 bits per heavy atom. The van der Waals surface area contributed by atoms with E-state index in [2.05, 4.69) is 20.4 Å². The average molecular weight is 233 g/mol. The van der Waals surface area contributed by atoms with Crippen molar-refractivity contribution < 1.29 is 9.31 Å². The van der Waals surface area contributed by atoms with E-state index in [4.69, 9.17) is 9.31 Å². The average Bonchev–Trinajstić information content (AvgIpc) is 2.78. The van der Waals surface area contributed by atoms with Crippen LogP contribution in [0.15, 0.2) is 18.3 Å². The Kier molecular flexibility index (Phi) is 3.45. The maximum atomic E-state index is 5.13.